The van der Waals surface area contributed by atoms with E-state index in [-0.39, 0.29) is 29.4 Å². The first kappa shape index (κ1) is 37.4. The molecule has 1 aliphatic heterocycles. The highest BCUT2D eigenvalue weighted by molar-refractivity contribution is 7.18. The van der Waals surface area contributed by atoms with Crippen LogP contribution in [0.25, 0.3) is 5.69 Å². The summed E-state index contributed by atoms with van der Waals surface area (Å²) in [6, 6.07) is 33.6. The van der Waals surface area contributed by atoms with Crippen LogP contribution in [-0.2, 0) is 26.9 Å². The van der Waals surface area contributed by atoms with Crippen molar-refractivity contribution in [1.29, 1.82) is 0 Å². The van der Waals surface area contributed by atoms with Crippen LogP contribution in [0.15, 0.2) is 114 Å². The van der Waals surface area contributed by atoms with Gasteiger partial charge in [0.25, 0.3) is 13.9 Å². The molecule has 0 unspecified atom stereocenters. The summed E-state index contributed by atoms with van der Waals surface area (Å²) < 4.78 is 20.4. The molecule has 0 N–H and O–H groups in total. The van der Waals surface area contributed by atoms with Crippen molar-refractivity contribution < 1.29 is 23.5 Å². The number of ether oxygens (including phenoxy) is 2. The molecule has 5 aromatic rings. The summed E-state index contributed by atoms with van der Waals surface area (Å²) in [5.41, 5.74) is 2.52. The summed E-state index contributed by atoms with van der Waals surface area (Å²) in [4.78, 5) is 41.7. The number of carbonyl (C=O) groups excluding carboxylic acids is 2. The Kier molecular flexibility index (Phi) is 11.6. The summed E-state index contributed by atoms with van der Waals surface area (Å²) in [6.45, 7) is 7.62. The molecule has 270 valence electrons. The molecule has 6 rings (SSSR count). The number of pyridine rings is 1. The monoisotopic (exact) mass is 754 g/mol. The Hall–Kier alpha value is -4.32. The van der Waals surface area contributed by atoms with Crippen LogP contribution in [-0.4, -0.2) is 51.1 Å². The van der Waals surface area contributed by atoms with E-state index in [1.165, 1.54) is 21.7 Å². The predicted octanol–water partition coefficient (Wildman–Crippen LogP) is 7.81. The van der Waals surface area contributed by atoms with Crippen molar-refractivity contribution in [2.45, 2.75) is 57.8 Å². The predicted molar refractivity (Wildman–Crippen MR) is 211 cm³/mol. The zero-order valence-corrected chi connectivity index (χ0v) is 32.4. The number of benzene rings is 3. The highest BCUT2D eigenvalue weighted by atomic mass is 35.5. The van der Waals surface area contributed by atoms with E-state index in [1.807, 2.05) is 42.5 Å². The first-order valence-corrected chi connectivity index (χ1v) is 20.5. The number of ketones is 1. The molecule has 0 radical (unpaired) electrons. The van der Waals surface area contributed by atoms with Gasteiger partial charge in [-0.15, -0.1) is 11.3 Å². The van der Waals surface area contributed by atoms with Gasteiger partial charge < -0.3 is 13.9 Å². The largest absolute Gasteiger partial charge is 0.444 e. The quantitative estimate of drug-likeness (QED) is 0.0850. The normalized spacial score (nSPS) is 14.8. The number of rotatable bonds is 14. The van der Waals surface area contributed by atoms with Crippen LogP contribution in [0.1, 0.15) is 54.4 Å². The lowest BCUT2D eigenvalue weighted by Gasteiger charge is -2.43. The fourth-order valence-electron chi connectivity index (χ4n) is 7.00. The number of anilines is 1. The molecule has 0 saturated carbocycles. The average Bonchev–Trinajstić information content (AvgIpc) is 3.75. The van der Waals surface area contributed by atoms with Crippen LogP contribution >= 0.6 is 22.9 Å². The molecule has 8 nitrogen and oxygen atoms in total. The van der Waals surface area contributed by atoms with Crippen molar-refractivity contribution >= 4 is 59.2 Å². The smallest absolute Gasteiger partial charge is 0.414 e. The SMILES string of the molecule is COCc1cc(N2C[C@H](CCC(=O)c3ccc(Cl)s3)OC2=O)ccc1-n1cccc(CCO[Si](c2ccccc2)(c2ccccc2)C(C)(C)C)c1=O. The number of hydrogen-bond donors (Lipinski definition) is 0. The Labute approximate surface area is 314 Å². The summed E-state index contributed by atoms with van der Waals surface area (Å²) in [6.07, 6.45) is 1.93. The lowest BCUT2D eigenvalue weighted by molar-refractivity contribution is 0.0943. The topological polar surface area (TPSA) is 87.1 Å². The molecular formula is C41H43ClN2O6SSi. The van der Waals surface area contributed by atoms with Gasteiger partial charge >= 0.3 is 6.09 Å². The molecule has 11 heteroatoms. The standard InChI is InChI=1S/C41H43ClN2O6SSi/c1-41(2,3)52(33-13-7-5-8-14-33,34-15-9-6-10-16-34)49-25-23-29-12-11-24-43(39(29)46)35-19-17-31(26-30(35)28-48-4)44-27-32(50-40(44)47)18-20-36(45)37-21-22-38(42)51-37/h5-17,19,21-22,24,26,32H,18,20,23,25,27-28H2,1-4H3/t32-/m0/s1. The maximum absolute atomic E-state index is 14.0. The third kappa shape index (κ3) is 7.86. The molecular weight excluding hydrogens is 712 g/mol. The minimum Gasteiger partial charge on any atom is -0.444 e. The van der Waals surface area contributed by atoms with Gasteiger partial charge in [-0.2, -0.15) is 0 Å². The third-order valence-corrected chi connectivity index (χ3v) is 15.8. The van der Waals surface area contributed by atoms with Gasteiger partial charge in [0.2, 0.25) is 0 Å². The summed E-state index contributed by atoms with van der Waals surface area (Å²) in [7, 11) is -1.17. The van der Waals surface area contributed by atoms with Crippen molar-refractivity contribution in [3.63, 3.8) is 0 Å². The number of halogens is 1. The summed E-state index contributed by atoms with van der Waals surface area (Å²) >= 11 is 7.23. The van der Waals surface area contributed by atoms with Crippen LogP contribution in [0.5, 0.6) is 0 Å². The Morgan fingerprint density at radius 2 is 1.62 bits per heavy atom. The zero-order valence-electron chi connectivity index (χ0n) is 29.8. The number of Topliss-reactive ketones (excluding diaryl/α,β-unsaturated/α-hetero) is 1. The second-order valence-electron chi connectivity index (χ2n) is 13.9. The maximum Gasteiger partial charge on any atom is 0.414 e. The van der Waals surface area contributed by atoms with Crippen molar-refractivity contribution in [2.24, 2.45) is 0 Å². The van der Waals surface area contributed by atoms with Gasteiger partial charge in [-0.25, -0.2) is 4.79 Å². The second-order valence-corrected chi connectivity index (χ2v) is 19.9. The number of carbonyl (C=O) groups is 2. The zero-order chi connectivity index (χ0) is 36.9. The van der Waals surface area contributed by atoms with Gasteiger partial charge in [0.05, 0.1) is 28.1 Å². The van der Waals surface area contributed by atoms with E-state index in [0.29, 0.717) is 52.1 Å². The Morgan fingerprint density at radius 1 is 0.923 bits per heavy atom. The molecule has 1 saturated heterocycles. The molecule has 1 fully saturated rings. The van der Waals surface area contributed by atoms with E-state index < -0.39 is 20.5 Å². The highest BCUT2D eigenvalue weighted by Crippen LogP contribution is 2.37. The fourth-order valence-corrected chi connectivity index (χ4v) is 12.6. The van der Waals surface area contributed by atoms with Crippen LogP contribution in [0.2, 0.25) is 9.37 Å². The first-order chi connectivity index (χ1) is 25.0. The van der Waals surface area contributed by atoms with E-state index in [1.54, 1.807) is 34.9 Å². The van der Waals surface area contributed by atoms with Crippen molar-refractivity contribution in [2.75, 3.05) is 25.2 Å². The van der Waals surface area contributed by atoms with Gasteiger partial charge in [0, 0.05) is 43.1 Å². The van der Waals surface area contributed by atoms with E-state index in [9.17, 15) is 14.4 Å². The number of thiophene rings is 1. The van der Waals surface area contributed by atoms with Gasteiger partial charge in [-0.1, -0.05) is 99.1 Å². The third-order valence-electron chi connectivity index (χ3n) is 9.48. The van der Waals surface area contributed by atoms with E-state index >= 15 is 0 Å². The molecule has 1 aliphatic rings. The number of hydrogen-bond acceptors (Lipinski definition) is 7. The number of aromatic nitrogens is 1. The number of amides is 1. The Morgan fingerprint density at radius 3 is 2.23 bits per heavy atom. The first-order valence-electron chi connectivity index (χ1n) is 17.4. The minimum absolute atomic E-state index is 0.0274. The number of methoxy groups -OCH3 is 1. The molecule has 0 bridgehead atoms. The Bertz CT molecular complexity index is 2040. The van der Waals surface area contributed by atoms with Gasteiger partial charge in [-0.3, -0.25) is 19.1 Å². The lowest BCUT2D eigenvalue weighted by Crippen LogP contribution is -2.66. The van der Waals surface area contributed by atoms with Gasteiger partial charge in [0.1, 0.15) is 6.10 Å². The van der Waals surface area contributed by atoms with Crippen LogP contribution in [0.4, 0.5) is 10.5 Å². The number of cyclic esters (lactones) is 1. The maximum atomic E-state index is 14.0. The van der Waals surface area contributed by atoms with Gasteiger partial charge in [-0.05, 0) is 64.7 Å². The molecule has 1 atom stereocenters. The number of nitrogens with zero attached hydrogens (tertiary/aromatic N) is 2. The molecule has 52 heavy (non-hydrogen) atoms. The second kappa shape index (κ2) is 16.1. The average molecular weight is 755 g/mol. The Balaban J connectivity index is 1.21. The highest BCUT2D eigenvalue weighted by Gasteiger charge is 2.50. The van der Waals surface area contributed by atoms with Crippen molar-refractivity contribution in [1.82, 2.24) is 4.57 Å². The van der Waals surface area contributed by atoms with E-state index in [0.717, 1.165) is 5.56 Å². The van der Waals surface area contributed by atoms with Crippen molar-refractivity contribution in [3.05, 3.63) is 140 Å². The molecule has 3 heterocycles. The fraction of sp³-hybridized carbons (Fsp3) is 0.293. The molecule has 2 aromatic heterocycles. The molecule has 3 aromatic carbocycles. The summed E-state index contributed by atoms with van der Waals surface area (Å²) in [5.74, 6) is -0.0274. The lowest BCUT2D eigenvalue weighted by atomic mass is 10.1. The molecule has 0 aliphatic carbocycles. The van der Waals surface area contributed by atoms with E-state index in [4.69, 9.17) is 25.5 Å². The van der Waals surface area contributed by atoms with Crippen LogP contribution < -0.4 is 20.8 Å². The van der Waals surface area contributed by atoms with E-state index in [2.05, 4.69) is 69.3 Å². The van der Waals surface area contributed by atoms with Crippen LogP contribution in [0, 0.1) is 0 Å². The molecule has 0 spiro atoms. The van der Waals surface area contributed by atoms with Gasteiger partial charge in [0.15, 0.2) is 5.78 Å². The minimum atomic E-state index is -2.76. The molecule has 1 amide bonds. The van der Waals surface area contributed by atoms with Crippen molar-refractivity contribution in [3.8, 4) is 5.69 Å². The van der Waals surface area contributed by atoms with Crippen LogP contribution in [0.3, 0.4) is 0 Å². The summed E-state index contributed by atoms with van der Waals surface area (Å²) in [5, 5.41) is 2.20.